The third kappa shape index (κ3) is 4.17. The van der Waals surface area contributed by atoms with E-state index in [0.29, 0.717) is 18.7 Å². The second kappa shape index (κ2) is 7.56. The summed E-state index contributed by atoms with van der Waals surface area (Å²) >= 11 is 0. The van der Waals surface area contributed by atoms with Crippen LogP contribution in [0.3, 0.4) is 0 Å². The van der Waals surface area contributed by atoms with Gasteiger partial charge in [-0.2, -0.15) is 0 Å². The highest BCUT2D eigenvalue weighted by molar-refractivity contribution is 6.08. The predicted octanol–water partition coefficient (Wildman–Crippen LogP) is 2.34. The number of amides is 1. The number of benzene rings is 2. The van der Waals surface area contributed by atoms with Gasteiger partial charge >= 0.3 is 5.97 Å². The molecule has 0 bridgehead atoms. The van der Waals surface area contributed by atoms with E-state index < -0.39 is 5.97 Å². The quantitative estimate of drug-likeness (QED) is 0.859. The first-order chi connectivity index (χ1) is 11.0. The van der Waals surface area contributed by atoms with E-state index in [4.69, 9.17) is 0 Å². The Balaban J connectivity index is 2.37. The second-order valence-electron chi connectivity index (χ2n) is 5.46. The number of hydrogen-bond acceptors (Lipinski definition) is 3. The van der Waals surface area contributed by atoms with Crippen LogP contribution < -0.4 is 5.32 Å². The highest BCUT2D eigenvalue weighted by atomic mass is 16.4. The van der Waals surface area contributed by atoms with Crippen molar-refractivity contribution in [2.75, 3.05) is 27.2 Å². The van der Waals surface area contributed by atoms with E-state index >= 15 is 0 Å². The maximum absolute atomic E-state index is 12.3. The zero-order chi connectivity index (χ0) is 16.8. The Morgan fingerprint density at radius 1 is 1.04 bits per heavy atom. The minimum atomic E-state index is -1.11. The summed E-state index contributed by atoms with van der Waals surface area (Å²) in [5.41, 5.74) is 1.52. The zero-order valence-electron chi connectivity index (χ0n) is 13.2. The van der Waals surface area contributed by atoms with Crippen LogP contribution in [0.15, 0.2) is 48.5 Å². The zero-order valence-corrected chi connectivity index (χ0v) is 13.2. The lowest BCUT2D eigenvalue weighted by atomic mass is 9.95. The van der Waals surface area contributed by atoms with Gasteiger partial charge in [0.2, 0.25) is 0 Å². The molecule has 0 saturated heterocycles. The van der Waals surface area contributed by atoms with Gasteiger partial charge < -0.3 is 15.3 Å². The Morgan fingerprint density at radius 3 is 2.35 bits per heavy atom. The maximum Gasteiger partial charge on any atom is 0.337 e. The minimum Gasteiger partial charge on any atom is -0.478 e. The van der Waals surface area contributed by atoms with Crippen molar-refractivity contribution in [2.24, 2.45) is 0 Å². The Labute approximate surface area is 135 Å². The molecule has 0 atom stereocenters. The molecule has 2 aromatic carbocycles. The van der Waals surface area contributed by atoms with Crippen molar-refractivity contribution in [3.63, 3.8) is 0 Å². The Kier molecular flexibility index (Phi) is 5.49. The number of likely N-dealkylation sites (N-methyl/N-ethyl adjacent to an activating group) is 1. The molecule has 0 aliphatic rings. The molecule has 0 spiro atoms. The summed E-state index contributed by atoms with van der Waals surface area (Å²) in [5, 5.41) is 12.3. The lowest BCUT2D eigenvalue weighted by molar-refractivity contribution is 0.0692. The molecule has 23 heavy (non-hydrogen) atoms. The standard InChI is InChI=1S/C18H20N2O3/c1-20(2)12-11-19-17(21)15-10-6-9-14(16(15)18(22)23)13-7-4-3-5-8-13/h3-10H,11-12H2,1-2H3,(H,19,21)(H,22,23). The fourth-order valence-corrected chi connectivity index (χ4v) is 2.32. The van der Waals surface area contributed by atoms with Gasteiger partial charge in [0.15, 0.2) is 0 Å². The molecule has 0 aliphatic heterocycles. The fraction of sp³-hybridized carbons (Fsp3) is 0.222. The molecule has 0 aliphatic carbocycles. The first-order valence-electron chi connectivity index (χ1n) is 7.35. The molecule has 0 unspecified atom stereocenters. The Bertz CT molecular complexity index is 697. The van der Waals surface area contributed by atoms with E-state index in [2.05, 4.69) is 5.32 Å². The second-order valence-corrected chi connectivity index (χ2v) is 5.46. The van der Waals surface area contributed by atoms with Crippen LogP contribution in [-0.2, 0) is 0 Å². The van der Waals surface area contributed by atoms with Gasteiger partial charge in [-0.3, -0.25) is 4.79 Å². The number of rotatable bonds is 6. The van der Waals surface area contributed by atoms with Crippen molar-refractivity contribution in [1.82, 2.24) is 10.2 Å². The van der Waals surface area contributed by atoms with Crippen LogP contribution in [0.25, 0.3) is 11.1 Å². The lowest BCUT2D eigenvalue weighted by Crippen LogP contribution is -2.32. The van der Waals surface area contributed by atoms with E-state index in [1.54, 1.807) is 18.2 Å². The van der Waals surface area contributed by atoms with Crippen molar-refractivity contribution >= 4 is 11.9 Å². The molecule has 0 saturated carbocycles. The lowest BCUT2D eigenvalue weighted by Gasteiger charge is -2.13. The molecule has 5 heteroatoms. The normalized spacial score (nSPS) is 10.6. The van der Waals surface area contributed by atoms with Gasteiger partial charge in [-0.1, -0.05) is 42.5 Å². The van der Waals surface area contributed by atoms with Crippen molar-refractivity contribution in [3.8, 4) is 11.1 Å². The molecule has 120 valence electrons. The van der Waals surface area contributed by atoms with Crippen LogP contribution in [0, 0.1) is 0 Å². The molecular formula is C18H20N2O3. The van der Waals surface area contributed by atoms with Gasteiger partial charge in [0.25, 0.3) is 5.91 Å². The molecule has 0 fully saturated rings. The number of nitrogens with zero attached hydrogens (tertiary/aromatic N) is 1. The SMILES string of the molecule is CN(C)CCNC(=O)c1cccc(-c2ccccc2)c1C(=O)O. The molecule has 0 heterocycles. The van der Waals surface area contributed by atoms with E-state index in [0.717, 1.165) is 5.56 Å². The number of carboxylic acid groups (broad SMARTS) is 1. The Morgan fingerprint density at radius 2 is 1.74 bits per heavy atom. The number of carbonyl (C=O) groups is 2. The topological polar surface area (TPSA) is 69.6 Å². The van der Waals surface area contributed by atoms with Crippen molar-refractivity contribution < 1.29 is 14.7 Å². The molecular weight excluding hydrogens is 292 g/mol. The summed E-state index contributed by atoms with van der Waals surface area (Å²) in [6.45, 7) is 1.15. The van der Waals surface area contributed by atoms with Gasteiger partial charge in [0, 0.05) is 13.1 Å². The van der Waals surface area contributed by atoms with Crippen molar-refractivity contribution in [1.29, 1.82) is 0 Å². The summed E-state index contributed by atoms with van der Waals surface area (Å²) in [6.07, 6.45) is 0. The van der Waals surface area contributed by atoms with Crippen LogP contribution in [0.2, 0.25) is 0 Å². The molecule has 5 nitrogen and oxygen atoms in total. The van der Waals surface area contributed by atoms with Gasteiger partial charge in [-0.15, -0.1) is 0 Å². The summed E-state index contributed by atoms with van der Waals surface area (Å²) < 4.78 is 0. The fourth-order valence-electron chi connectivity index (χ4n) is 2.32. The Hall–Kier alpha value is -2.66. The highest BCUT2D eigenvalue weighted by Crippen LogP contribution is 2.26. The minimum absolute atomic E-state index is 0.0288. The van der Waals surface area contributed by atoms with Crippen LogP contribution in [0.1, 0.15) is 20.7 Å². The largest absolute Gasteiger partial charge is 0.478 e. The number of carboxylic acids is 1. The summed E-state index contributed by atoms with van der Waals surface area (Å²) in [5.74, 6) is -1.48. The van der Waals surface area contributed by atoms with E-state index in [1.165, 1.54) is 0 Å². The third-order valence-electron chi connectivity index (χ3n) is 3.45. The molecule has 2 aromatic rings. The molecule has 2 N–H and O–H groups in total. The van der Waals surface area contributed by atoms with Crippen molar-refractivity contribution in [2.45, 2.75) is 0 Å². The summed E-state index contributed by atoms with van der Waals surface area (Å²) in [6, 6.07) is 14.2. The number of carbonyl (C=O) groups excluding carboxylic acids is 1. The first-order valence-corrected chi connectivity index (χ1v) is 7.35. The van der Waals surface area contributed by atoms with Crippen molar-refractivity contribution in [3.05, 3.63) is 59.7 Å². The number of aromatic carboxylic acids is 1. The first kappa shape index (κ1) is 16.7. The third-order valence-corrected chi connectivity index (χ3v) is 3.45. The van der Waals surface area contributed by atoms with Gasteiger partial charge in [0.05, 0.1) is 11.1 Å². The van der Waals surface area contributed by atoms with Crippen LogP contribution in [0.5, 0.6) is 0 Å². The monoisotopic (exact) mass is 312 g/mol. The molecule has 2 rings (SSSR count). The highest BCUT2D eigenvalue weighted by Gasteiger charge is 2.20. The van der Waals surface area contributed by atoms with Gasteiger partial charge in [0.1, 0.15) is 0 Å². The van der Waals surface area contributed by atoms with Crippen LogP contribution in [-0.4, -0.2) is 49.1 Å². The maximum atomic E-state index is 12.3. The van der Waals surface area contributed by atoms with Gasteiger partial charge in [-0.05, 0) is 31.3 Å². The predicted molar refractivity (Wildman–Crippen MR) is 89.7 cm³/mol. The average Bonchev–Trinajstić information content (AvgIpc) is 2.54. The van der Waals surface area contributed by atoms with Crippen LogP contribution >= 0.6 is 0 Å². The molecule has 1 amide bonds. The smallest absolute Gasteiger partial charge is 0.337 e. The molecule has 0 aromatic heterocycles. The van der Waals surface area contributed by atoms with E-state index in [-0.39, 0.29) is 17.0 Å². The molecule has 0 radical (unpaired) electrons. The summed E-state index contributed by atoms with van der Waals surface area (Å²) in [7, 11) is 3.82. The van der Waals surface area contributed by atoms with Crippen LogP contribution in [0.4, 0.5) is 0 Å². The summed E-state index contributed by atoms with van der Waals surface area (Å²) in [4.78, 5) is 26.0. The van der Waals surface area contributed by atoms with E-state index in [9.17, 15) is 14.7 Å². The van der Waals surface area contributed by atoms with E-state index in [1.807, 2.05) is 49.3 Å². The number of nitrogens with one attached hydrogen (secondary N) is 1. The van der Waals surface area contributed by atoms with Gasteiger partial charge in [-0.25, -0.2) is 4.79 Å². The number of hydrogen-bond donors (Lipinski definition) is 2. The average molecular weight is 312 g/mol.